The second-order valence-electron chi connectivity index (χ2n) is 13.8. The summed E-state index contributed by atoms with van der Waals surface area (Å²) in [6.07, 6.45) is 14.7. The number of amides is 1. The molecular formula is C38H74N8O5S2. The summed E-state index contributed by atoms with van der Waals surface area (Å²) in [5.74, 6) is 12.0. The molecule has 308 valence electrons. The molecule has 0 radical (unpaired) electrons. The molecule has 0 aliphatic carbocycles. The lowest BCUT2D eigenvalue weighted by atomic mass is 10.2. The molecule has 15 heteroatoms. The molecule has 8 fully saturated rings. The molecule has 8 N–H and O–H groups in total. The maximum atomic E-state index is 10.9. The molecule has 13 nitrogen and oxygen atoms in total. The fourth-order valence-corrected chi connectivity index (χ4v) is 8.35. The summed E-state index contributed by atoms with van der Waals surface area (Å²) in [5, 5.41) is 21.2. The van der Waals surface area contributed by atoms with Crippen molar-refractivity contribution in [1.29, 1.82) is 0 Å². The first-order chi connectivity index (χ1) is 25.4. The van der Waals surface area contributed by atoms with Crippen LogP contribution in [0.5, 0.6) is 0 Å². The first-order valence-electron chi connectivity index (χ1n) is 19.6. The van der Waals surface area contributed by atoms with Gasteiger partial charge in [0.15, 0.2) is 0 Å². The molecule has 1 unspecified atom stereocenters. The number of carbonyl (C=O) groups is 2. The zero-order valence-corrected chi connectivity index (χ0v) is 34.3. The molecule has 8 heterocycles. The summed E-state index contributed by atoms with van der Waals surface area (Å²) in [5.41, 5.74) is 1.20. The van der Waals surface area contributed by atoms with Crippen LogP contribution in [0.4, 0.5) is 0 Å². The van der Waals surface area contributed by atoms with E-state index in [1.54, 1.807) is 0 Å². The summed E-state index contributed by atoms with van der Waals surface area (Å²) in [6, 6.07) is 0. The van der Waals surface area contributed by atoms with Crippen molar-refractivity contribution in [2.75, 3.05) is 95.9 Å². The van der Waals surface area contributed by atoms with Crippen LogP contribution in [0.15, 0.2) is 37.0 Å². The minimum Gasteiger partial charge on any atom is -0.499 e. The Labute approximate surface area is 322 Å². The number of Topliss-reactive ketones (excluding diaryl/α,β-unsaturated/α-hetero) is 1. The quantitative estimate of drug-likeness (QED) is 0.168. The van der Waals surface area contributed by atoms with Gasteiger partial charge in [-0.25, -0.2) is 4.72 Å². The lowest BCUT2D eigenvalue weighted by Crippen LogP contribution is -2.44. The van der Waals surface area contributed by atoms with E-state index < -0.39 is 19.2 Å². The first-order valence-corrected chi connectivity index (χ1v) is 23.6. The van der Waals surface area contributed by atoms with Gasteiger partial charge in [0, 0.05) is 97.7 Å². The number of piperazine rings is 1. The Morgan fingerprint density at radius 3 is 1.45 bits per heavy atom. The van der Waals surface area contributed by atoms with E-state index in [9.17, 15) is 18.0 Å². The van der Waals surface area contributed by atoms with E-state index in [1.165, 1.54) is 57.3 Å². The average Bonchev–Trinajstić information content (AvgIpc) is 4.01. The Morgan fingerprint density at radius 2 is 1.17 bits per heavy atom. The average molecular weight is 787 g/mol. The van der Waals surface area contributed by atoms with Crippen LogP contribution in [0, 0.1) is 0 Å². The summed E-state index contributed by atoms with van der Waals surface area (Å²) in [4.78, 5) is 20.9. The maximum Gasteiger partial charge on any atom is 0.234 e. The van der Waals surface area contributed by atoms with Gasteiger partial charge in [0.2, 0.25) is 5.91 Å². The van der Waals surface area contributed by atoms with Gasteiger partial charge in [-0.05, 0) is 98.7 Å². The predicted octanol–water partition coefficient (Wildman–Crippen LogP) is 1.75. The van der Waals surface area contributed by atoms with E-state index >= 15 is 0 Å². The van der Waals surface area contributed by atoms with E-state index in [0.717, 1.165) is 133 Å². The van der Waals surface area contributed by atoms with Crippen LogP contribution >= 0.6 is 0 Å². The van der Waals surface area contributed by atoms with Crippen molar-refractivity contribution in [3.8, 4) is 0 Å². The third kappa shape index (κ3) is 31.5. The highest BCUT2D eigenvalue weighted by Gasteiger charge is 2.10. The number of allylic oxidation sites excluding steroid dienone is 2. The molecule has 0 aromatic rings. The number of ether oxygens (including phenoxy) is 1. The summed E-state index contributed by atoms with van der Waals surface area (Å²) < 4.78 is 29.4. The molecule has 8 saturated heterocycles. The zero-order valence-electron chi connectivity index (χ0n) is 32.7. The van der Waals surface area contributed by atoms with Crippen LogP contribution in [0.2, 0.25) is 0 Å². The molecule has 8 aliphatic rings. The van der Waals surface area contributed by atoms with Crippen molar-refractivity contribution >= 4 is 42.7 Å². The molecule has 53 heavy (non-hydrogen) atoms. The van der Waals surface area contributed by atoms with Gasteiger partial charge >= 0.3 is 0 Å². The Morgan fingerprint density at radius 1 is 0.528 bits per heavy atom. The molecule has 0 saturated carbocycles. The molecule has 8 rings (SSSR count). The highest BCUT2D eigenvalue weighted by molar-refractivity contribution is 8.00. The van der Waals surface area contributed by atoms with E-state index in [0.29, 0.717) is 12.3 Å². The Balaban J connectivity index is 0.000000303. The van der Waals surface area contributed by atoms with E-state index in [-0.39, 0.29) is 5.91 Å². The minimum atomic E-state index is -1.80. The maximum absolute atomic E-state index is 10.9. The SMILES string of the molecule is C1CCNCC1.C=C1CCCN1.C=C1CCCO1.C=C1NCCN1.C=S1(=O)CCCC1.C=S1(=O)CCCN1.O=C1CCCNCC1.O=C1CNCCN1. The summed E-state index contributed by atoms with van der Waals surface area (Å²) >= 11 is 0. The summed E-state index contributed by atoms with van der Waals surface area (Å²) in [7, 11) is -3.34. The van der Waals surface area contributed by atoms with Crippen LogP contribution in [-0.2, 0) is 33.6 Å². The molecule has 0 spiro atoms. The van der Waals surface area contributed by atoms with Gasteiger partial charge in [-0.2, -0.15) is 0 Å². The van der Waals surface area contributed by atoms with E-state index in [1.807, 2.05) is 0 Å². The number of carbonyl (C=O) groups excluding carboxylic acids is 2. The number of hydrogen-bond acceptors (Lipinski definition) is 11. The monoisotopic (exact) mass is 787 g/mol. The number of nitrogens with one attached hydrogen (secondary N) is 8. The molecule has 1 atom stereocenters. The zero-order chi connectivity index (χ0) is 39.0. The molecule has 8 aliphatic heterocycles. The number of ketones is 1. The van der Waals surface area contributed by atoms with Crippen molar-refractivity contribution < 1.29 is 22.7 Å². The second-order valence-corrected chi connectivity index (χ2v) is 18.9. The number of rotatable bonds is 0. The van der Waals surface area contributed by atoms with Gasteiger partial charge in [-0.1, -0.05) is 26.2 Å². The molecule has 0 bridgehead atoms. The van der Waals surface area contributed by atoms with Crippen molar-refractivity contribution in [3.05, 3.63) is 37.0 Å². The minimum absolute atomic E-state index is 0.103. The topological polar surface area (TPSA) is 174 Å². The van der Waals surface area contributed by atoms with Gasteiger partial charge in [0.1, 0.15) is 5.78 Å². The third-order valence-corrected chi connectivity index (χ3v) is 12.3. The molecule has 0 aromatic heterocycles. The van der Waals surface area contributed by atoms with Gasteiger partial charge < -0.3 is 42.0 Å². The fraction of sp³-hybridized carbons (Fsp3) is 0.737. The van der Waals surface area contributed by atoms with Gasteiger partial charge in [0.05, 0.1) is 24.7 Å². The van der Waals surface area contributed by atoms with Gasteiger partial charge in [-0.15, -0.1) is 0 Å². The number of piperidine rings is 1. The van der Waals surface area contributed by atoms with Crippen molar-refractivity contribution in [2.24, 2.45) is 0 Å². The Hall–Kier alpha value is -2.56. The smallest absolute Gasteiger partial charge is 0.234 e. The highest BCUT2D eigenvalue weighted by Crippen LogP contribution is 2.12. The van der Waals surface area contributed by atoms with Gasteiger partial charge in [-0.3, -0.25) is 18.0 Å². The lowest BCUT2D eigenvalue weighted by molar-refractivity contribution is -0.121. The fourth-order valence-electron chi connectivity index (χ4n) is 5.42. The molecule has 1 amide bonds. The molecule has 0 aromatic carbocycles. The normalized spacial score (nSPS) is 25.2. The summed E-state index contributed by atoms with van der Waals surface area (Å²) in [6.45, 7) is 22.5. The largest absolute Gasteiger partial charge is 0.499 e. The standard InChI is InChI=1S/C6H11NO.C5H9N.C5H11N.C5H10OS.C5H8O.C4H8N2O.C4H8N2.C4H9NOS/c8-6-2-1-4-7-5-3-6;1-5-3-2-4-6-5;1-2-4-6-5-3-1;1-7(6)4-2-3-5-7;1-5-3-2-4-6-5;7-4-3-5-1-2-6-4;1-4-5-2-3-6-4;1-7(6)4-2-3-5-7/h7H,1-5H2;6H,1-4H2;6H,1-5H2;1-5H2;1-4H2;5H,1-3H2,(H,6,7);5-6H,1-3H2;1-4H2,(H,5,6). The van der Waals surface area contributed by atoms with Crippen molar-refractivity contribution in [3.63, 3.8) is 0 Å². The third-order valence-electron chi connectivity index (χ3n) is 8.54. The van der Waals surface area contributed by atoms with E-state index in [2.05, 4.69) is 73.4 Å². The van der Waals surface area contributed by atoms with Crippen molar-refractivity contribution in [1.82, 2.24) is 41.9 Å². The van der Waals surface area contributed by atoms with Crippen LogP contribution in [0.3, 0.4) is 0 Å². The Kier molecular flexibility index (Phi) is 28.1. The predicted molar refractivity (Wildman–Crippen MR) is 227 cm³/mol. The van der Waals surface area contributed by atoms with Crippen LogP contribution in [0.1, 0.15) is 83.5 Å². The van der Waals surface area contributed by atoms with E-state index in [4.69, 9.17) is 4.74 Å². The molecular weight excluding hydrogens is 713 g/mol. The van der Waals surface area contributed by atoms with Crippen LogP contribution in [-0.4, -0.2) is 128 Å². The highest BCUT2D eigenvalue weighted by atomic mass is 32.2. The second kappa shape index (κ2) is 30.7. The number of hydrogen-bond donors (Lipinski definition) is 8. The van der Waals surface area contributed by atoms with Crippen LogP contribution < -0.4 is 41.9 Å². The Bertz CT molecular complexity index is 1110. The van der Waals surface area contributed by atoms with Crippen molar-refractivity contribution in [2.45, 2.75) is 83.5 Å². The van der Waals surface area contributed by atoms with Gasteiger partial charge in [0.25, 0.3) is 0 Å². The van der Waals surface area contributed by atoms with Crippen LogP contribution in [0.25, 0.3) is 0 Å². The lowest BCUT2D eigenvalue weighted by Gasteiger charge is -2.11. The first kappa shape index (κ1) is 48.5.